The number of anilines is 1. The Labute approximate surface area is 204 Å². The highest BCUT2D eigenvalue weighted by molar-refractivity contribution is 5.93. The number of nitrogens with one attached hydrogen (secondary N) is 2. The number of rotatable bonds is 9. The molecular weight excluding hydrogens is 455 g/mol. The summed E-state index contributed by atoms with van der Waals surface area (Å²) in [6.07, 6.45) is 3.15. The largest absolute Gasteiger partial charge is 0.493 e. The van der Waals surface area contributed by atoms with Crippen molar-refractivity contribution in [1.82, 2.24) is 5.32 Å². The zero-order chi connectivity index (χ0) is 25.4. The van der Waals surface area contributed by atoms with Crippen LogP contribution in [0.1, 0.15) is 43.5 Å². The second-order valence-corrected chi connectivity index (χ2v) is 8.73. The molecule has 1 saturated carbocycles. The number of carbonyl (C=O) groups excluding carboxylic acids is 3. The van der Waals surface area contributed by atoms with Crippen molar-refractivity contribution < 1.29 is 33.0 Å². The maximum atomic E-state index is 13.0. The Bertz CT molecular complexity index is 1040. The van der Waals surface area contributed by atoms with Crippen molar-refractivity contribution in [3.05, 3.63) is 53.8 Å². The average Bonchev–Trinajstić information content (AvgIpc) is 2.85. The van der Waals surface area contributed by atoms with Gasteiger partial charge in [-0.3, -0.25) is 9.59 Å². The lowest BCUT2D eigenvalue weighted by Gasteiger charge is -2.34. The second kappa shape index (κ2) is 12.2. The SMILES string of the molecule is COc1cc(C(=O)OCC(=O)N[C@@H]2CCC[C@@H](C)[C@H]2C)ccc1OCC(=O)Nc1ccc(F)cc1. The summed E-state index contributed by atoms with van der Waals surface area (Å²) < 4.78 is 28.9. The molecule has 2 N–H and O–H groups in total. The number of methoxy groups -OCH3 is 1. The maximum absolute atomic E-state index is 13.0. The van der Waals surface area contributed by atoms with E-state index in [4.69, 9.17) is 14.2 Å². The predicted molar refractivity (Wildman–Crippen MR) is 128 cm³/mol. The minimum absolute atomic E-state index is 0.0849. The van der Waals surface area contributed by atoms with Gasteiger partial charge in [-0.1, -0.05) is 26.7 Å². The van der Waals surface area contributed by atoms with Gasteiger partial charge >= 0.3 is 5.97 Å². The third-order valence-corrected chi connectivity index (χ3v) is 6.27. The van der Waals surface area contributed by atoms with E-state index in [1.54, 1.807) is 0 Å². The molecule has 0 aliphatic heterocycles. The van der Waals surface area contributed by atoms with Gasteiger partial charge in [-0.2, -0.15) is 0 Å². The van der Waals surface area contributed by atoms with E-state index in [2.05, 4.69) is 24.5 Å². The molecule has 1 fully saturated rings. The highest BCUT2D eigenvalue weighted by Crippen LogP contribution is 2.30. The van der Waals surface area contributed by atoms with Crippen LogP contribution >= 0.6 is 0 Å². The van der Waals surface area contributed by atoms with Crippen LogP contribution in [0, 0.1) is 17.7 Å². The van der Waals surface area contributed by atoms with Crippen molar-refractivity contribution in [2.45, 2.75) is 39.2 Å². The van der Waals surface area contributed by atoms with Gasteiger partial charge in [-0.25, -0.2) is 9.18 Å². The van der Waals surface area contributed by atoms with Crippen molar-refractivity contribution in [2.24, 2.45) is 11.8 Å². The van der Waals surface area contributed by atoms with E-state index in [1.165, 1.54) is 49.6 Å². The van der Waals surface area contributed by atoms with Gasteiger partial charge in [0.15, 0.2) is 24.7 Å². The number of hydrogen-bond acceptors (Lipinski definition) is 6. The predicted octanol–water partition coefficient (Wildman–Crippen LogP) is 3.95. The summed E-state index contributed by atoms with van der Waals surface area (Å²) in [5, 5.41) is 5.55. The first-order valence-corrected chi connectivity index (χ1v) is 11.6. The quantitative estimate of drug-likeness (QED) is 0.521. The minimum atomic E-state index is -0.677. The van der Waals surface area contributed by atoms with Crippen molar-refractivity contribution in [3.63, 3.8) is 0 Å². The number of esters is 1. The molecule has 0 saturated heterocycles. The zero-order valence-electron chi connectivity index (χ0n) is 20.1. The normalized spacial score (nSPS) is 19.4. The first-order chi connectivity index (χ1) is 16.8. The molecule has 2 amide bonds. The van der Waals surface area contributed by atoms with E-state index in [0.29, 0.717) is 17.5 Å². The summed E-state index contributed by atoms with van der Waals surface area (Å²) in [5.41, 5.74) is 0.610. The molecule has 0 radical (unpaired) electrons. The Kier molecular flexibility index (Phi) is 9.05. The Hall–Kier alpha value is -3.62. The van der Waals surface area contributed by atoms with Crippen molar-refractivity contribution in [3.8, 4) is 11.5 Å². The Morgan fingerprint density at radius 3 is 2.43 bits per heavy atom. The number of halogens is 1. The van der Waals surface area contributed by atoms with Gasteiger partial charge in [0.1, 0.15) is 5.82 Å². The van der Waals surface area contributed by atoms with Crippen LogP contribution in [0.2, 0.25) is 0 Å². The fraction of sp³-hybridized carbons (Fsp3) is 0.423. The van der Waals surface area contributed by atoms with Crippen LogP contribution in [0.25, 0.3) is 0 Å². The highest BCUT2D eigenvalue weighted by Gasteiger charge is 2.28. The highest BCUT2D eigenvalue weighted by atomic mass is 19.1. The van der Waals surface area contributed by atoms with Gasteiger partial charge < -0.3 is 24.8 Å². The summed E-state index contributed by atoms with van der Waals surface area (Å²) in [7, 11) is 1.40. The standard InChI is InChI=1S/C26H31FN2O6/c1-16-5-4-6-21(17(16)2)29-25(31)15-35-26(32)18-7-12-22(23(13-18)33-3)34-14-24(30)28-20-10-8-19(27)9-11-20/h7-13,16-17,21H,4-6,14-15H2,1-3H3,(H,28,30)(H,29,31)/t16-,17-,21-/m1/s1. The fourth-order valence-electron chi connectivity index (χ4n) is 4.04. The van der Waals surface area contributed by atoms with E-state index < -0.39 is 17.7 Å². The van der Waals surface area contributed by atoms with Crippen molar-refractivity contribution in [1.29, 1.82) is 0 Å². The van der Waals surface area contributed by atoms with E-state index in [-0.39, 0.29) is 42.2 Å². The summed E-state index contributed by atoms with van der Waals surface area (Å²) in [4.78, 5) is 36.8. The molecule has 3 atom stereocenters. The monoisotopic (exact) mass is 486 g/mol. The molecule has 0 bridgehead atoms. The molecule has 0 heterocycles. The summed E-state index contributed by atoms with van der Waals surface area (Å²) in [5.74, 6) is -0.476. The number of carbonyl (C=O) groups is 3. The van der Waals surface area contributed by atoms with Crippen LogP contribution in [0.15, 0.2) is 42.5 Å². The molecule has 1 aliphatic carbocycles. The van der Waals surface area contributed by atoms with Crippen LogP contribution in [-0.4, -0.2) is 44.1 Å². The Morgan fingerprint density at radius 2 is 1.71 bits per heavy atom. The summed E-state index contributed by atoms with van der Waals surface area (Å²) in [6.45, 7) is 3.61. The van der Waals surface area contributed by atoms with E-state index in [1.807, 2.05) is 0 Å². The van der Waals surface area contributed by atoms with Gasteiger partial charge in [0.2, 0.25) is 0 Å². The molecule has 2 aromatic carbocycles. The lowest BCUT2D eigenvalue weighted by molar-refractivity contribution is -0.125. The van der Waals surface area contributed by atoms with Gasteiger partial charge in [0, 0.05) is 11.7 Å². The topological polar surface area (TPSA) is 103 Å². The summed E-state index contributed by atoms with van der Waals surface area (Å²) >= 11 is 0. The van der Waals surface area contributed by atoms with E-state index in [0.717, 1.165) is 19.3 Å². The van der Waals surface area contributed by atoms with Gasteiger partial charge in [0.05, 0.1) is 12.7 Å². The molecule has 35 heavy (non-hydrogen) atoms. The molecule has 8 nitrogen and oxygen atoms in total. The first kappa shape index (κ1) is 26.0. The molecule has 188 valence electrons. The summed E-state index contributed by atoms with van der Waals surface area (Å²) in [6, 6.07) is 9.78. The molecule has 9 heteroatoms. The van der Waals surface area contributed by atoms with Crippen molar-refractivity contribution in [2.75, 3.05) is 25.6 Å². The Balaban J connectivity index is 1.50. The number of ether oxygens (including phenoxy) is 3. The van der Waals surface area contributed by atoms with Gasteiger partial charge in [0.25, 0.3) is 11.8 Å². The van der Waals surface area contributed by atoms with Crippen LogP contribution in [0.3, 0.4) is 0 Å². The molecular formula is C26H31FN2O6. The second-order valence-electron chi connectivity index (χ2n) is 8.73. The first-order valence-electron chi connectivity index (χ1n) is 11.6. The van der Waals surface area contributed by atoms with Gasteiger partial charge in [-0.15, -0.1) is 0 Å². The van der Waals surface area contributed by atoms with Crippen molar-refractivity contribution >= 4 is 23.5 Å². The van der Waals surface area contributed by atoms with Gasteiger partial charge in [-0.05, 0) is 60.7 Å². The van der Waals surface area contributed by atoms with Crippen LogP contribution in [0.4, 0.5) is 10.1 Å². The third kappa shape index (κ3) is 7.43. The Morgan fingerprint density at radius 1 is 0.971 bits per heavy atom. The van der Waals surface area contributed by atoms with Crippen LogP contribution < -0.4 is 20.1 Å². The lowest BCUT2D eigenvalue weighted by Crippen LogP contribution is -2.45. The fourth-order valence-corrected chi connectivity index (χ4v) is 4.04. The number of hydrogen-bond donors (Lipinski definition) is 2. The molecule has 3 rings (SSSR count). The minimum Gasteiger partial charge on any atom is -0.493 e. The maximum Gasteiger partial charge on any atom is 0.338 e. The molecule has 0 aromatic heterocycles. The van der Waals surface area contributed by atoms with Crippen LogP contribution in [0.5, 0.6) is 11.5 Å². The zero-order valence-corrected chi connectivity index (χ0v) is 20.1. The molecule has 1 aliphatic rings. The smallest absolute Gasteiger partial charge is 0.338 e. The lowest BCUT2D eigenvalue weighted by atomic mass is 9.78. The number of amides is 2. The van der Waals surface area contributed by atoms with E-state index >= 15 is 0 Å². The average molecular weight is 487 g/mol. The molecule has 2 aromatic rings. The van der Waals surface area contributed by atoms with Crippen LogP contribution in [-0.2, 0) is 14.3 Å². The number of benzene rings is 2. The molecule has 0 unspecified atom stereocenters. The third-order valence-electron chi connectivity index (χ3n) is 6.27. The molecule has 0 spiro atoms. The van der Waals surface area contributed by atoms with E-state index in [9.17, 15) is 18.8 Å².